The van der Waals surface area contributed by atoms with Crippen molar-refractivity contribution in [1.29, 1.82) is 0 Å². The number of nitrogens with zero attached hydrogens (tertiary/aromatic N) is 1. The second-order valence-corrected chi connectivity index (χ2v) is 5.01. The fourth-order valence-corrected chi connectivity index (χ4v) is 1.64. The van der Waals surface area contributed by atoms with Gasteiger partial charge in [0.1, 0.15) is 11.8 Å². The van der Waals surface area contributed by atoms with Crippen LogP contribution in [-0.2, 0) is 9.47 Å². The minimum absolute atomic E-state index is 0.0490. The third-order valence-corrected chi connectivity index (χ3v) is 2.44. The SMILES string of the molecule is COC1CCN(C(=O)OC(C)(C)C)CC1F. The normalized spacial score (nSPS) is 26.7. The van der Waals surface area contributed by atoms with E-state index in [0.717, 1.165) is 0 Å². The average Bonchev–Trinajstić information content (AvgIpc) is 2.15. The first-order chi connectivity index (χ1) is 7.33. The molecule has 0 aromatic heterocycles. The van der Waals surface area contributed by atoms with Crippen molar-refractivity contribution in [3.63, 3.8) is 0 Å². The zero-order valence-electron chi connectivity index (χ0n) is 10.3. The summed E-state index contributed by atoms with van der Waals surface area (Å²) in [5.74, 6) is 0. The van der Waals surface area contributed by atoms with Crippen LogP contribution in [0.5, 0.6) is 0 Å². The maximum atomic E-state index is 13.5. The maximum Gasteiger partial charge on any atom is 0.410 e. The molecule has 94 valence electrons. The van der Waals surface area contributed by atoms with E-state index in [1.807, 2.05) is 0 Å². The maximum absolute atomic E-state index is 13.5. The van der Waals surface area contributed by atoms with Crippen LogP contribution in [0.3, 0.4) is 0 Å². The van der Waals surface area contributed by atoms with Gasteiger partial charge in [-0.15, -0.1) is 0 Å². The highest BCUT2D eigenvalue weighted by Gasteiger charge is 2.33. The van der Waals surface area contributed by atoms with Crippen LogP contribution in [0, 0.1) is 0 Å². The van der Waals surface area contributed by atoms with E-state index in [-0.39, 0.29) is 6.54 Å². The van der Waals surface area contributed by atoms with E-state index in [2.05, 4.69) is 0 Å². The molecule has 1 aliphatic rings. The fourth-order valence-electron chi connectivity index (χ4n) is 1.64. The number of alkyl halides is 1. The predicted molar refractivity (Wildman–Crippen MR) is 58.1 cm³/mol. The Morgan fingerprint density at radius 2 is 2.06 bits per heavy atom. The van der Waals surface area contributed by atoms with E-state index in [4.69, 9.17) is 9.47 Å². The second-order valence-electron chi connectivity index (χ2n) is 5.01. The van der Waals surface area contributed by atoms with Gasteiger partial charge in [-0.05, 0) is 27.2 Å². The third kappa shape index (κ3) is 3.63. The Labute approximate surface area is 95.7 Å². The highest BCUT2D eigenvalue weighted by atomic mass is 19.1. The van der Waals surface area contributed by atoms with E-state index in [0.29, 0.717) is 13.0 Å². The molecule has 1 rings (SSSR count). The molecule has 0 spiro atoms. The highest BCUT2D eigenvalue weighted by Crippen LogP contribution is 2.19. The Balaban J connectivity index is 2.48. The van der Waals surface area contributed by atoms with Crippen LogP contribution in [0.15, 0.2) is 0 Å². The number of carbonyl (C=O) groups excluding carboxylic acids is 1. The summed E-state index contributed by atoms with van der Waals surface area (Å²) in [6.07, 6.45) is -1.48. The Bertz CT molecular complexity index is 252. The lowest BCUT2D eigenvalue weighted by Gasteiger charge is -2.34. The minimum atomic E-state index is -1.13. The number of likely N-dealkylation sites (tertiary alicyclic amines) is 1. The molecule has 2 unspecified atom stereocenters. The molecular formula is C11H20FNO3. The lowest BCUT2D eigenvalue weighted by molar-refractivity contribution is -0.0340. The molecule has 1 heterocycles. The lowest BCUT2D eigenvalue weighted by atomic mass is 10.1. The van der Waals surface area contributed by atoms with E-state index in [1.54, 1.807) is 20.8 Å². The first kappa shape index (κ1) is 13.2. The minimum Gasteiger partial charge on any atom is -0.444 e. The average molecular weight is 233 g/mol. The van der Waals surface area contributed by atoms with Crippen LogP contribution in [0.4, 0.5) is 9.18 Å². The number of amides is 1. The van der Waals surface area contributed by atoms with Gasteiger partial charge in [0.25, 0.3) is 0 Å². The first-order valence-corrected chi connectivity index (χ1v) is 5.48. The molecule has 0 N–H and O–H groups in total. The Kier molecular flexibility index (Phi) is 4.13. The summed E-state index contributed by atoms with van der Waals surface area (Å²) in [5.41, 5.74) is -0.541. The van der Waals surface area contributed by atoms with Crippen molar-refractivity contribution in [3.8, 4) is 0 Å². The number of hydrogen-bond acceptors (Lipinski definition) is 3. The molecule has 16 heavy (non-hydrogen) atoms. The lowest BCUT2D eigenvalue weighted by Crippen LogP contribution is -2.49. The van der Waals surface area contributed by atoms with Crippen molar-refractivity contribution in [1.82, 2.24) is 4.90 Å². The molecule has 0 aliphatic carbocycles. The molecule has 0 aromatic rings. The van der Waals surface area contributed by atoms with Crippen LogP contribution >= 0.6 is 0 Å². The van der Waals surface area contributed by atoms with Crippen LogP contribution < -0.4 is 0 Å². The molecular weight excluding hydrogens is 213 g/mol. The number of hydrogen-bond donors (Lipinski definition) is 0. The highest BCUT2D eigenvalue weighted by molar-refractivity contribution is 5.68. The third-order valence-electron chi connectivity index (χ3n) is 2.44. The van der Waals surface area contributed by atoms with Crippen molar-refractivity contribution in [2.24, 2.45) is 0 Å². The van der Waals surface area contributed by atoms with E-state index >= 15 is 0 Å². The largest absolute Gasteiger partial charge is 0.444 e. The molecule has 1 aliphatic heterocycles. The van der Waals surface area contributed by atoms with Gasteiger partial charge >= 0.3 is 6.09 Å². The molecule has 2 atom stereocenters. The summed E-state index contributed by atoms with van der Waals surface area (Å²) in [7, 11) is 1.49. The van der Waals surface area contributed by atoms with Gasteiger partial charge in [-0.3, -0.25) is 0 Å². The summed E-state index contributed by atoms with van der Waals surface area (Å²) >= 11 is 0. The van der Waals surface area contributed by atoms with E-state index in [1.165, 1.54) is 12.0 Å². The molecule has 0 radical (unpaired) electrons. The van der Waals surface area contributed by atoms with Gasteiger partial charge in [0.15, 0.2) is 0 Å². The molecule has 0 bridgehead atoms. The first-order valence-electron chi connectivity index (χ1n) is 5.48. The summed E-state index contributed by atoms with van der Waals surface area (Å²) in [5, 5.41) is 0. The smallest absolute Gasteiger partial charge is 0.410 e. The molecule has 1 amide bonds. The van der Waals surface area contributed by atoms with Crippen molar-refractivity contribution < 1.29 is 18.7 Å². The van der Waals surface area contributed by atoms with Gasteiger partial charge in [-0.1, -0.05) is 0 Å². The van der Waals surface area contributed by atoms with Gasteiger partial charge in [0.05, 0.1) is 12.6 Å². The van der Waals surface area contributed by atoms with Crippen molar-refractivity contribution in [3.05, 3.63) is 0 Å². The van der Waals surface area contributed by atoms with Gasteiger partial charge in [-0.2, -0.15) is 0 Å². The zero-order valence-corrected chi connectivity index (χ0v) is 10.3. The van der Waals surface area contributed by atoms with Gasteiger partial charge in [0.2, 0.25) is 0 Å². The summed E-state index contributed by atoms with van der Waals surface area (Å²) < 4.78 is 23.7. The quantitative estimate of drug-likeness (QED) is 0.695. The van der Waals surface area contributed by atoms with Crippen molar-refractivity contribution >= 4 is 6.09 Å². The molecule has 5 heteroatoms. The van der Waals surface area contributed by atoms with Crippen molar-refractivity contribution in [2.45, 2.75) is 45.1 Å². The number of carbonyl (C=O) groups is 1. The van der Waals surface area contributed by atoms with Gasteiger partial charge in [-0.25, -0.2) is 9.18 Å². The number of rotatable bonds is 1. The van der Waals surface area contributed by atoms with Crippen LogP contribution in [0.25, 0.3) is 0 Å². The van der Waals surface area contributed by atoms with Crippen LogP contribution in [0.1, 0.15) is 27.2 Å². The standard InChI is InChI=1S/C11H20FNO3/c1-11(2,3)16-10(14)13-6-5-9(15-4)8(12)7-13/h8-9H,5-7H2,1-4H3. The number of halogens is 1. The zero-order chi connectivity index (χ0) is 12.3. The number of methoxy groups -OCH3 is 1. The molecule has 1 fully saturated rings. The monoisotopic (exact) mass is 233 g/mol. The van der Waals surface area contributed by atoms with E-state index < -0.39 is 24.0 Å². The summed E-state index contributed by atoms with van der Waals surface area (Å²) in [6, 6.07) is 0. The summed E-state index contributed by atoms with van der Waals surface area (Å²) in [4.78, 5) is 13.0. The predicted octanol–water partition coefficient (Wildman–Crippen LogP) is 1.98. The number of piperidine rings is 1. The van der Waals surface area contributed by atoms with Crippen LogP contribution in [-0.4, -0.2) is 49.1 Å². The Morgan fingerprint density at radius 1 is 1.44 bits per heavy atom. The van der Waals surface area contributed by atoms with Crippen molar-refractivity contribution in [2.75, 3.05) is 20.2 Å². The molecule has 0 aromatic carbocycles. The molecule has 4 nitrogen and oxygen atoms in total. The Morgan fingerprint density at radius 3 is 2.50 bits per heavy atom. The fraction of sp³-hybridized carbons (Fsp3) is 0.909. The van der Waals surface area contributed by atoms with Gasteiger partial charge in [0, 0.05) is 13.7 Å². The van der Waals surface area contributed by atoms with Crippen LogP contribution in [0.2, 0.25) is 0 Å². The topological polar surface area (TPSA) is 38.8 Å². The molecule has 1 saturated heterocycles. The second kappa shape index (κ2) is 4.99. The van der Waals surface area contributed by atoms with Gasteiger partial charge < -0.3 is 14.4 Å². The van der Waals surface area contributed by atoms with E-state index in [9.17, 15) is 9.18 Å². The Hall–Kier alpha value is -0.840. The summed E-state index contributed by atoms with van der Waals surface area (Å²) in [6.45, 7) is 5.90. The molecule has 0 saturated carbocycles. The number of ether oxygens (including phenoxy) is 2.